The minimum absolute atomic E-state index is 0.0254. The molecule has 1 aromatic carbocycles. The summed E-state index contributed by atoms with van der Waals surface area (Å²) in [6.45, 7) is 1.96. The van der Waals surface area contributed by atoms with E-state index in [0.29, 0.717) is 5.76 Å². The van der Waals surface area contributed by atoms with Gasteiger partial charge in [-0.15, -0.1) is 0 Å². The maximum absolute atomic E-state index is 10.8. The Morgan fingerprint density at radius 3 is 2.80 bits per heavy atom. The first-order valence-corrected chi connectivity index (χ1v) is 6.85. The summed E-state index contributed by atoms with van der Waals surface area (Å²) in [5, 5.41) is 12.2. The van der Waals surface area contributed by atoms with Crippen LogP contribution in [0.5, 0.6) is 0 Å². The van der Waals surface area contributed by atoms with Crippen LogP contribution in [0, 0.1) is 0 Å². The number of anilines is 1. The Labute approximate surface area is 117 Å². The number of hydrogen-bond donors (Lipinski definition) is 2. The SMILES string of the molecule is CC(Nc1ccc2c(c1)CCC2)c1ccc(C(=O)O)o1. The molecule has 0 spiro atoms. The average molecular weight is 271 g/mol. The van der Waals surface area contributed by atoms with Gasteiger partial charge in [0.05, 0.1) is 6.04 Å². The highest BCUT2D eigenvalue weighted by Crippen LogP contribution is 2.27. The normalized spacial score (nSPS) is 14.8. The van der Waals surface area contributed by atoms with Crippen molar-refractivity contribution in [1.29, 1.82) is 0 Å². The quantitative estimate of drug-likeness (QED) is 0.891. The van der Waals surface area contributed by atoms with Crippen LogP contribution in [0.4, 0.5) is 5.69 Å². The second kappa shape index (κ2) is 5.04. The van der Waals surface area contributed by atoms with Gasteiger partial charge in [0.2, 0.25) is 5.76 Å². The Morgan fingerprint density at radius 1 is 1.25 bits per heavy atom. The van der Waals surface area contributed by atoms with Crippen LogP contribution in [0.2, 0.25) is 0 Å². The van der Waals surface area contributed by atoms with Gasteiger partial charge in [0.15, 0.2) is 0 Å². The lowest BCUT2D eigenvalue weighted by molar-refractivity contribution is 0.0660. The molecule has 2 aromatic rings. The molecule has 1 aromatic heterocycles. The van der Waals surface area contributed by atoms with E-state index in [1.54, 1.807) is 6.07 Å². The Kier molecular flexibility index (Phi) is 3.22. The van der Waals surface area contributed by atoms with Crippen LogP contribution in [-0.2, 0) is 12.8 Å². The third kappa shape index (κ3) is 2.41. The second-order valence-electron chi connectivity index (χ2n) is 5.21. The van der Waals surface area contributed by atoms with E-state index in [4.69, 9.17) is 9.52 Å². The summed E-state index contributed by atoms with van der Waals surface area (Å²) in [4.78, 5) is 10.8. The van der Waals surface area contributed by atoms with Crippen molar-refractivity contribution < 1.29 is 14.3 Å². The van der Waals surface area contributed by atoms with Crippen molar-refractivity contribution in [2.24, 2.45) is 0 Å². The minimum Gasteiger partial charge on any atom is -0.475 e. The zero-order valence-corrected chi connectivity index (χ0v) is 11.3. The highest BCUT2D eigenvalue weighted by molar-refractivity contribution is 5.84. The molecule has 0 aliphatic heterocycles. The summed E-state index contributed by atoms with van der Waals surface area (Å²) < 4.78 is 5.31. The molecule has 1 heterocycles. The number of carboxylic acids is 1. The highest BCUT2D eigenvalue weighted by Gasteiger charge is 2.15. The molecule has 4 heteroatoms. The molecule has 4 nitrogen and oxygen atoms in total. The Balaban J connectivity index is 1.74. The first kappa shape index (κ1) is 12.8. The van der Waals surface area contributed by atoms with Crippen molar-refractivity contribution in [3.63, 3.8) is 0 Å². The van der Waals surface area contributed by atoms with Gasteiger partial charge >= 0.3 is 5.97 Å². The highest BCUT2D eigenvalue weighted by atomic mass is 16.4. The lowest BCUT2D eigenvalue weighted by Crippen LogP contribution is -2.06. The molecule has 20 heavy (non-hydrogen) atoms. The molecule has 1 unspecified atom stereocenters. The van der Waals surface area contributed by atoms with Crippen LogP contribution >= 0.6 is 0 Å². The number of carbonyl (C=O) groups is 1. The molecular formula is C16H17NO3. The van der Waals surface area contributed by atoms with Crippen molar-refractivity contribution in [3.8, 4) is 0 Å². The minimum atomic E-state index is -1.04. The largest absolute Gasteiger partial charge is 0.475 e. The van der Waals surface area contributed by atoms with E-state index < -0.39 is 5.97 Å². The lowest BCUT2D eigenvalue weighted by Gasteiger charge is -2.14. The summed E-state index contributed by atoms with van der Waals surface area (Å²) in [6.07, 6.45) is 3.54. The summed E-state index contributed by atoms with van der Waals surface area (Å²) in [5.74, 6) is -0.438. The van der Waals surface area contributed by atoms with Gasteiger partial charge in [-0.1, -0.05) is 6.07 Å². The summed E-state index contributed by atoms with van der Waals surface area (Å²) in [6, 6.07) is 9.54. The number of aromatic carboxylic acids is 1. The van der Waals surface area contributed by atoms with Gasteiger partial charge in [0.25, 0.3) is 0 Å². The molecule has 0 radical (unpaired) electrons. The molecule has 2 N–H and O–H groups in total. The fraction of sp³-hybridized carbons (Fsp3) is 0.312. The average Bonchev–Trinajstić information content (AvgIpc) is 3.07. The van der Waals surface area contributed by atoms with E-state index in [9.17, 15) is 4.79 Å². The standard InChI is InChI=1S/C16H17NO3/c1-10(14-7-8-15(20-14)16(18)19)17-13-6-5-11-3-2-4-12(11)9-13/h5-10,17H,2-4H2,1H3,(H,18,19). The second-order valence-corrected chi connectivity index (χ2v) is 5.21. The summed E-state index contributed by atoms with van der Waals surface area (Å²) in [7, 11) is 0. The molecule has 0 saturated heterocycles. The van der Waals surface area contributed by atoms with Crippen LogP contribution in [0.25, 0.3) is 0 Å². The van der Waals surface area contributed by atoms with Gasteiger partial charge in [0, 0.05) is 5.69 Å². The summed E-state index contributed by atoms with van der Waals surface area (Å²) >= 11 is 0. The first-order valence-electron chi connectivity index (χ1n) is 6.85. The molecular weight excluding hydrogens is 254 g/mol. The molecule has 0 bridgehead atoms. The van der Waals surface area contributed by atoms with Gasteiger partial charge in [-0.3, -0.25) is 0 Å². The molecule has 0 saturated carbocycles. The first-order chi connectivity index (χ1) is 9.63. The van der Waals surface area contributed by atoms with Gasteiger partial charge < -0.3 is 14.8 Å². The molecule has 0 amide bonds. The smallest absolute Gasteiger partial charge is 0.371 e. The van der Waals surface area contributed by atoms with Crippen LogP contribution < -0.4 is 5.32 Å². The number of fused-ring (bicyclic) bond motifs is 1. The number of hydrogen-bond acceptors (Lipinski definition) is 3. The Hall–Kier alpha value is -2.23. The van der Waals surface area contributed by atoms with Crippen LogP contribution in [0.1, 0.15) is 46.8 Å². The third-order valence-corrected chi connectivity index (χ3v) is 3.75. The van der Waals surface area contributed by atoms with Crippen molar-refractivity contribution in [2.45, 2.75) is 32.2 Å². The maximum Gasteiger partial charge on any atom is 0.371 e. The predicted molar refractivity (Wildman–Crippen MR) is 76.2 cm³/mol. The van der Waals surface area contributed by atoms with Gasteiger partial charge in [-0.25, -0.2) is 4.79 Å². The van der Waals surface area contributed by atoms with Crippen molar-refractivity contribution >= 4 is 11.7 Å². The molecule has 3 rings (SSSR count). The zero-order valence-electron chi connectivity index (χ0n) is 11.3. The molecule has 0 fully saturated rings. The van der Waals surface area contributed by atoms with E-state index in [1.807, 2.05) is 6.92 Å². The van der Waals surface area contributed by atoms with Gasteiger partial charge in [-0.05, 0) is 61.6 Å². The third-order valence-electron chi connectivity index (χ3n) is 3.75. The molecule has 1 atom stereocenters. The summed E-state index contributed by atoms with van der Waals surface area (Å²) in [5.41, 5.74) is 3.90. The van der Waals surface area contributed by atoms with E-state index in [-0.39, 0.29) is 11.8 Å². The predicted octanol–water partition coefficient (Wildman–Crippen LogP) is 3.64. The molecule has 1 aliphatic rings. The number of nitrogens with one attached hydrogen (secondary N) is 1. The van der Waals surface area contributed by atoms with Crippen molar-refractivity contribution in [1.82, 2.24) is 0 Å². The molecule has 104 valence electrons. The number of carboxylic acid groups (broad SMARTS) is 1. The van der Waals surface area contributed by atoms with Gasteiger partial charge in [0.1, 0.15) is 5.76 Å². The van der Waals surface area contributed by atoms with Crippen molar-refractivity contribution in [2.75, 3.05) is 5.32 Å². The van der Waals surface area contributed by atoms with Gasteiger partial charge in [-0.2, -0.15) is 0 Å². The fourth-order valence-corrected chi connectivity index (χ4v) is 2.68. The van der Waals surface area contributed by atoms with Crippen LogP contribution in [-0.4, -0.2) is 11.1 Å². The number of benzene rings is 1. The van der Waals surface area contributed by atoms with E-state index in [1.165, 1.54) is 30.0 Å². The number of aryl methyl sites for hydroxylation is 2. The van der Waals surface area contributed by atoms with E-state index >= 15 is 0 Å². The Morgan fingerprint density at radius 2 is 2.05 bits per heavy atom. The molecule has 1 aliphatic carbocycles. The zero-order chi connectivity index (χ0) is 14.1. The fourth-order valence-electron chi connectivity index (χ4n) is 2.68. The number of rotatable bonds is 4. The number of furan rings is 1. The van der Waals surface area contributed by atoms with E-state index in [0.717, 1.165) is 12.1 Å². The van der Waals surface area contributed by atoms with Crippen LogP contribution in [0.3, 0.4) is 0 Å². The van der Waals surface area contributed by atoms with Crippen molar-refractivity contribution in [3.05, 3.63) is 53.0 Å². The maximum atomic E-state index is 10.8. The van der Waals surface area contributed by atoms with Crippen LogP contribution in [0.15, 0.2) is 34.7 Å². The Bertz CT molecular complexity index is 645. The monoisotopic (exact) mass is 271 g/mol. The topological polar surface area (TPSA) is 62.5 Å². The lowest BCUT2D eigenvalue weighted by atomic mass is 10.1. The van der Waals surface area contributed by atoms with E-state index in [2.05, 4.69) is 23.5 Å².